The molecule has 0 radical (unpaired) electrons. The molecule has 2 heterocycles. The fourth-order valence-corrected chi connectivity index (χ4v) is 5.66. The van der Waals surface area contributed by atoms with Crippen molar-refractivity contribution in [2.75, 3.05) is 18.4 Å². The number of para-hydroxylation sites is 1. The van der Waals surface area contributed by atoms with E-state index < -0.39 is 10.0 Å². The molecule has 1 saturated heterocycles. The van der Waals surface area contributed by atoms with Crippen molar-refractivity contribution in [1.82, 2.24) is 4.31 Å². The second-order valence-electron chi connectivity index (χ2n) is 6.47. The number of hydrogen-bond acceptors (Lipinski definition) is 4. The van der Waals surface area contributed by atoms with Crippen molar-refractivity contribution in [2.45, 2.75) is 30.9 Å². The Kier molecular flexibility index (Phi) is 5.27. The zero-order valence-electron chi connectivity index (χ0n) is 14.4. The number of anilines is 1. The first-order valence-electron chi connectivity index (χ1n) is 8.35. The molecule has 0 unspecified atom stereocenters. The fourth-order valence-electron chi connectivity index (χ4n) is 2.83. The Morgan fingerprint density at radius 3 is 2.52 bits per heavy atom. The average molecular weight is 379 g/mol. The Morgan fingerprint density at radius 2 is 1.84 bits per heavy atom. The Balaban J connectivity index is 1.75. The summed E-state index contributed by atoms with van der Waals surface area (Å²) in [6.07, 6.45) is 1.76. The Morgan fingerprint density at radius 1 is 1.16 bits per heavy atom. The van der Waals surface area contributed by atoms with Crippen LogP contribution in [0.5, 0.6) is 0 Å². The summed E-state index contributed by atoms with van der Waals surface area (Å²) >= 11 is 1.03. The number of benzene rings is 1. The average Bonchev–Trinajstić information content (AvgIpc) is 3.08. The van der Waals surface area contributed by atoms with Crippen LogP contribution in [-0.4, -0.2) is 31.7 Å². The summed E-state index contributed by atoms with van der Waals surface area (Å²) in [5.41, 5.74) is 1.69. The smallest absolute Gasteiger partial charge is 0.265 e. The van der Waals surface area contributed by atoms with Gasteiger partial charge in [0.05, 0.1) is 4.88 Å². The molecule has 2 aromatic rings. The first kappa shape index (κ1) is 18.1. The lowest BCUT2D eigenvalue weighted by molar-refractivity contribution is 0.103. The highest BCUT2D eigenvalue weighted by Gasteiger charge is 2.29. The first-order valence-corrected chi connectivity index (χ1v) is 10.6. The van der Waals surface area contributed by atoms with Crippen LogP contribution in [0.1, 0.15) is 35.0 Å². The summed E-state index contributed by atoms with van der Waals surface area (Å²) in [6.45, 7) is 5.15. The lowest BCUT2D eigenvalue weighted by atomic mass is 10.0. The lowest BCUT2D eigenvalue weighted by Crippen LogP contribution is -2.37. The number of carbonyl (C=O) groups excluding carboxylic acids is 1. The topological polar surface area (TPSA) is 66.5 Å². The van der Waals surface area contributed by atoms with Crippen molar-refractivity contribution in [2.24, 2.45) is 5.92 Å². The van der Waals surface area contributed by atoms with Crippen LogP contribution < -0.4 is 5.32 Å². The maximum absolute atomic E-state index is 12.7. The number of nitrogens with one attached hydrogen (secondary N) is 1. The minimum absolute atomic E-state index is 0.233. The number of rotatable bonds is 4. The van der Waals surface area contributed by atoms with Gasteiger partial charge in [-0.25, -0.2) is 8.42 Å². The minimum atomic E-state index is -3.51. The van der Waals surface area contributed by atoms with E-state index in [1.807, 2.05) is 31.2 Å². The molecule has 0 spiro atoms. The van der Waals surface area contributed by atoms with Crippen molar-refractivity contribution in [3.8, 4) is 0 Å². The molecular weight excluding hydrogens is 356 g/mol. The molecule has 1 amide bonds. The lowest BCUT2D eigenvalue weighted by Gasteiger charge is -2.28. The van der Waals surface area contributed by atoms with Gasteiger partial charge in [-0.15, -0.1) is 11.3 Å². The van der Waals surface area contributed by atoms with Gasteiger partial charge >= 0.3 is 0 Å². The molecule has 0 saturated carbocycles. The van der Waals surface area contributed by atoms with Gasteiger partial charge in [0.1, 0.15) is 4.21 Å². The molecule has 1 aliphatic heterocycles. The van der Waals surface area contributed by atoms with Crippen LogP contribution in [0.25, 0.3) is 0 Å². The number of aryl methyl sites for hydroxylation is 1. The summed E-state index contributed by atoms with van der Waals surface area (Å²) in [5.74, 6) is 0.276. The van der Waals surface area contributed by atoms with Crippen LogP contribution in [-0.2, 0) is 10.0 Å². The number of amides is 1. The van der Waals surface area contributed by atoms with Gasteiger partial charge in [-0.05, 0) is 49.4 Å². The molecule has 25 heavy (non-hydrogen) atoms. The Hall–Kier alpha value is -1.70. The number of carbonyl (C=O) groups is 1. The third-order valence-corrected chi connectivity index (χ3v) is 7.99. The minimum Gasteiger partial charge on any atom is -0.321 e. The van der Waals surface area contributed by atoms with E-state index in [1.54, 1.807) is 6.07 Å². The van der Waals surface area contributed by atoms with Crippen molar-refractivity contribution in [3.05, 3.63) is 46.8 Å². The van der Waals surface area contributed by atoms with E-state index in [9.17, 15) is 13.2 Å². The second-order valence-corrected chi connectivity index (χ2v) is 9.72. The quantitative estimate of drug-likeness (QED) is 0.881. The third-order valence-electron chi connectivity index (χ3n) is 4.54. The molecule has 1 aromatic carbocycles. The number of sulfonamides is 1. The number of nitrogens with zero attached hydrogens (tertiary/aromatic N) is 1. The van der Waals surface area contributed by atoms with Gasteiger partial charge in [0.2, 0.25) is 0 Å². The van der Waals surface area contributed by atoms with Gasteiger partial charge in [-0.1, -0.05) is 25.1 Å². The van der Waals surface area contributed by atoms with Gasteiger partial charge in [0, 0.05) is 18.8 Å². The highest BCUT2D eigenvalue weighted by Crippen LogP contribution is 2.29. The van der Waals surface area contributed by atoms with E-state index in [1.165, 1.54) is 10.4 Å². The predicted octanol–water partition coefficient (Wildman–Crippen LogP) is 3.73. The molecule has 1 fully saturated rings. The SMILES string of the molecule is Cc1ccccc1NC(=O)c1ccc(S(=O)(=O)N2CCC(C)CC2)s1. The summed E-state index contributed by atoms with van der Waals surface area (Å²) in [7, 11) is -3.51. The molecular formula is C18H22N2O3S2. The molecule has 5 nitrogen and oxygen atoms in total. The van der Waals surface area contributed by atoms with E-state index in [4.69, 9.17) is 0 Å². The van der Waals surface area contributed by atoms with Crippen LogP contribution in [0, 0.1) is 12.8 Å². The molecule has 1 aromatic heterocycles. The summed E-state index contributed by atoms with van der Waals surface area (Å²) < 4.78 is 27.3. The van der Waals surface area contributed by atoms with E-state index in [-0.39, 0.29) is 10.1 Å². The predicted molar refractivity (Wildman–Crippen MR) is 101 cm³/mol. The van der Waals surface area contributed by atoms with Gasteiger partial charge in [-0.2, -0.15) is 4.31 Å². The molecule has 7 heteroatoms. The Labute approximate surface area is 152 Å². The zero-order chi connectivity index (χ0) is 18.0. The molecule has 1 N–H and O–H groups in total. The second kappa shape index (κ2) is 7.27. The normalized spacial score (nSPS) is 16.7. The molecule has 0 atom stereocenters. The van der Waals surface area contributed by atoms with Gasteiger partial charge in [0.15, 0.2) is 0 Å². The van der Waals surface area contributed by atoms with Crippen LogP contribution in [0.15, 0.2) is 40.6 Å². The molecule has 0 bridgehead atoms. The first-order chi connectivity index (χ1) is 11.9. The zero-order valence-corrected chi connectivity index (χ0v) is 16.0. The highest BCUT2D eigenvalue weighted by molar-refractivity contribution is 7.91. The number of piperidine rings is 1. The van der Waals surface area contributed by atoms with Crippen LogP contribution in [0.2, 0.25) is 0 Å². The van der Waals surface area contributed by atoms with E-state index in [2.05, 4.69) is 12.2 Å². The fraction of sp³-hybridized carbons (Fsp3) is 0.389. The highest BCUT2D eigenvalue weighted by atomic mass is 32.2. The maximum Gasteiger partial charge on any atom is 0.265 e. The van der Waals surface area contributed by atoms with Crippen molar-refractivity contribution in [3.63, 3.8) is 0 Å². The maximum atomic E-state index is 12.7. The van der Waals surface area contributed by atoms with E-state index in [0.29, 0.717) is 23.9 Å². The monoisotopic (exact) mass is 378 g/mol. The third kappa shape index (κ3) is 3.94. The molecule has 134 valence electrons. The Bertz CT molecular complexity index is 866. The van der Waals surface area contributed by atoms with Gasteiger partial charge in [0.25, 0.3) is 15.9 Å². The van der Waals surface area contributed by atoms with Gasteiger partial charge < -0.3 is 5.32 Å². The van der Waals surface area contributed by atoms with E-state index in [0.717, 1.165) is 35.4 Å². The summed E-state index contributed by atoms with van der Waals surface area (Å²) in [5, 5.41) is 2.84. The largest absolute Gasteiger partial charge is 0.321 e. The van der Waals surface area contributed by atoms with Crippen molar-refractivity contribution < 1.29 is 13.2 Å². The summed E-state index contributed by atoms with van der Waals surface area (Å²) in [6, 6.07) is 10.6. The standard InChI is InChI=1S/C18H22N2O3S2/c1-13-9-11-20(12-10-13)25(22,23)17-8-7-16(24-17)18(21)19-15-6-4-3-5-14(15)2/h3-8,13H,9-12H2,1-2H3,(H,19,21). The van der Waals surface area contributed by atoms with E-state index >= 15 is 0 Å². The van der Waals surface area contributed by atoms with Gasteiger partial charge in [-0.3, -0.25) is 4.79 Å². The van der Waals surface area contributed by atoms with Crippen molar-refractivity contribution in [1.29, 1.82) is 0 Å². The molecule has 0 aliphatic carbocycles. The van der Waals surface area contributed by atoms with Crippen LogP contribution in [0.3, 0.4) is 0 Å². The summed E-state index contributed by atoms with van der Waals surface area (Å²) in [4.78, 5) is 12.8. The number of hydrogen-bond donors (Lipinski definition) is 1. The van der Waals surface area contributed by atoms with Crippen LogP contribution in [0.4, 0.5) is 5.69 Å². The van der Waals surface area contributed by atoms with Crippen molar-refractivity contribution >= 4 is 33.0 Å². The van der Waals surface area contributed by atoms with Crippen LogP contribution >= 0.6 is 11.3 Å². The molecule has 3 rings (SSSR count). The molecule has 1 aliphatic rings. The number of thiophene rings is 1.